The highest BCUT2D eigenvalue weighted by Crippen LogP contribution is 2.18. The zero-order valence-corrected chi connectivity index (χ0v) is 11.4. The van der Waals surface area contributed by atoms with Gasteiger partial charge in [0.25, 0.3) is 0 Å². The lowest BCUT2D eigenvalue weighted by Crippen LogP contribution is -2.54. The molecule has 1 saturated heterocycles. The van der Waals surface area contributed by atoms with E-state index in [2.05, 4.69) is 25.6 Å². The van der Waals surface area contributed by atoms with Gasteiger partial charge in [-0.05, 0) is 11.6 Å². The van der Waals surface area contributed by atoms with Gasteiger partial charge in [-0.25, -0.2) is 0 Å². The fourth-order valence-corrected chi connectivity index (χ4v) is 1.96. The highest BCUT2D eigenvalue weighted by atomic mass is 35.5. The number of hydrogen-bond acceptors (Lipinski definition) is 7. The summed E-state index contributed by atoms with van der Waals surface area (Å²) < 4.78 is 5.32. The first-order valence-electron chi connectivity index (χ1n) is 5.81. The second kappa shape index (κ2) is 5.98. The third-order valence-electron chi connectivity index (χ3n) is 2.75. The standard InChI is InChI=1S/C10H15ClN6O2/c1-12-7(18)6-5-19-4-3-17(6)10-15-8(11)14-9(13-2)16-10/h6H,3-5H2,1-2H3,(H,12,18)(H,13,14,15,16). The molecule has 1 atom stereocenters. The van der Waals surface area contributed by atoms with Crippen LogP contribution in [0.15, 0.2) is 0 Å². The summed E-state index contributed by atoms with van der Waals surface area (Å²) in [5.41, 5.74) is 0. The molecule has 0 radical (unpaired) electrons. The van der Waals surface area contributed by atoms with Gasteiger partial charge in [-0.2, -0.15) is 15.0 Å². The summed E-state index contributed by atoms with van der Waals surface area (Å²) in [6.07, 6.45) is 0. The van der Waals surface area contributed by atoms with Crippen LogP contribution in [-0.2, 0) is 9.53 Å². The van der Waals surface area contributed by atoms with Crippen molar-refractivity contribution in [1.82, 2.24) is 20.3 Å². The van der Waals surface area contributed by atoms with E-state index in [-0.39, 0.29) is 17.8 Å². The molecule has 19 heavy (non-hydrogen) atoms. The molecule has 1 aliphatic heterocycles. The molecule has 0 aliphatic carbocycles. The van der Waals surface area contributed by atoms with Gasteiger partial charge in [-0.15, -0.1) is 0 Å². The molecule has 0 aromatic carbocycles. The molecule has 1 aromatic rings. The highest BCUT2D eigenvalue weighted by molar-refractivity contribution is 6.28. The highest BCUT2D eigenvalue weighted by Gasteiger charge is 2.31. The Morgan fingerprint density at radius 1 is 1.42 bits per heavy atom. The summed E-state index contributed by atoms with van der Waals surface area (Å²) in [6.45, 7) is 1.31. The molecule has 0 bridgehead atoms. The molecule has 1 fully saturated rings. The molecule has 2 heterocycles. The van der Waals surface area contributed by atoms with Crippen LogP contribution in [0.5, 0.6) is 0 Å². The first-order chi connectivity index (χ1) is 9.15. The average molecular weight is 287 g/mol. The number of morpholine rings is 1. The Morgan fingerprint density at radius 2 is 2.21 bits per heavy atom. The van der Waals surface area contributed by atoms with Crippen LogP contribution in [0.1, 0.15) is 0 Å². The number of amides is 1. The summed E-state index contributed by atoms with van der Waals surface area (Å²) in [5, 5.41) is 5.48. The lowest BCUT2D eigenvalue weighted by Gasteiger charge is -2.34. The second-order valence-electron chi connectivity index (χ2n) is 3.88. The van der Waals surface area contributed by atoms with Gasteiger partial charge in [0.2, 0.25) is 23.1 Å². The van der Waals surface area contributed by atoms with E-state index in [1.54, 1.807) is 19.0 Å². The third kappa shape index (κ3) is 3.02. The summed E-state index contributed by atoms with van der Waals surface area (Å²) >= 11 is 5.85. The van der Waals surface area contributed by atoms with Crippen LogP contribution in [0.4, 0.5) is 11.9 Å². The van der Waals surface area contributed by atoms with Gasteiger partial charge in [0.05, 0.1) is 13.2 Å². The van der Waals surface area contributed by atoms with Crippen LogP contribution in [0, 0.1) is 0 Å². The van der Waals surface area contributed by atoms with Crippen LogP contribution in [0.2, 0.25) is 5.28 Å². The van der Waals surface area contributed by atoms with Gasteiger partial charge in [-0.1, -0.05) is 0 Å². The number of carbonyl (C=O) groups is 1. The second-order valence-corrected chi connectivity index (χ2v) is 4.21. The number of aromatic nitrogens is 3. The minimum Gasteiger partial charge on any atom is -0.377 e. The van der Waals surface area contributed by atoms with Crippen LogP contribution >= 0.6 is 11.6 Å². The van der Waals surface area contributed by atoms with E-state index < -0.39 is 6.04 Å². The summed E-state index contributed by atoms with van der Waals surface area (Å²) in [4.78, 5) is 25.8. The lowest BCUT2D eigenvalue weighted by atomic mass is 10.2. The van der Waals surface area contributed by atoms with Crippen molar-refractivity contribution < 1.29 is 9.53 Å². The Bertz CT molecular complexity index is 471. The van der Waals surface area contributed by atoms with Gasteiger partial charge in [0, 0.05) is 20.6 Å². The number of likely N-dealkylation sites (N-methyl/N-ethyl adjacent to an activating group) is 1. The minimum atomic E-state index is -0.470. The monoisotopic (exact) mass is 286 g/mol. The normalized spacial score (nSPS) is 19.1. The molecule has 0 saturated carbocycles. The van der Waals surface area contributed by atoms with Gasteiger partial charge in [-0.3, -0.25) is 4.79 Å². The van der Waals surface area contributed by atoms with E-state index in [0.29, 0.717) is 25.0 Å². The van der Waals surface area contributed by atoms with E-state index in [9.17, 15) is 4.79 Å². The summed E-state index contributed by atoms with van der Waals surface area (Å²) in [7, 11) is 3.26. The Hall–Kier alpha value is -1.67. The van der Waals surface area contributed by atoms with Crippen molar-refractivity contribution in [2.45, 2.75) is 6.04 Å². The third-order valence-corrected chi connectivity index (χ3v) is 2.92. The van der Waals surface area contributed by atoms with Gasteiger partial charge < -0.3 is 20.3 Å². The Kier molecular flexibility index (Phi) is 4.33. The number of carbonyl (C=O) groups excluding carboxylic acids is 1. The lowest BCUT2D eigenvalue weighted by molar-refractivity contribution is -0.124. The smallest absolute Gasteiger partial charge is 0.244 e. The van der Waals surface area contributed by atoms with Gasteiger partial charge in [0.1, 0.15) is 6.04 Å². The molecule has 2 rings (SSSR count). The van der Waals surface area contributed by atoms with E-state index >= 15 is 0 Å². The largest absolute Gasteiger partial charge is 0.377 e. The topological polar surface area (TPSA) is 92.3 Å². The molecular weight excluding hydrogens is 272 g/mol. The molecule has 1 aliphatic rings. The van der Waals surface area contributed by atoms with E-state index in [1.807, 2.05) is 0 Å². The number of halogens is 1. The molecule has 2 N–H and O–H groups in total. The van der Waals surface area contributed by atoms with Crippen molar-refractivity contribution in [3.63, 3.8) is 0 Å². The number of rotatable bonds is 3. The first-order valence-corrected chi connectivity index (χ1v) is 6.19. The zero-order valence-electron chi connectivity index (χ0n) is 10.7. The first kappa shape index (κ1) is 13.8. The van der Waals surface area contributed by atoms with Crippen molar-refractivity contribution in [2.75, 3.05) is 44.1 Å². The van der Waals surface area contributed by atoms with Crippen molar-refractivity contribution in [1.29, 1.82) is 0 Å². The summed E-state index contributed by atoms with van der Waals surface area (Å²) in [6, 6.07) is -0.470. The van der Waals surface area contributed by atoms with E-state index in [0.717, 1.165) is 0 Å². The molecule has 9 heteroatoms. The van der Waals surface area contributed by atoms with Crippen molar-refractivity contribution >= 4 is 29.4 Å². The minimum absolute atomic E-state index is 0.0801. The van der Waals surface area contributed by atoms with E-state index in [1.165, 1.54) is 0 Å². The Balaban J connectivity index is 2.31. The number of anilines is 2. The summed E-state index contributed by atoms with van der Waals surface area (Å²) in [5.74, 6) is 0.570. The maximum Gasteiger partial charge on any atom is 0.244 e. The van der Waals surface area contributed by atoms with Crippen LogP contribution in [-0.4, -0.2) is 60.8 Å². The number of nitrogens with one attached hydrogen (secondary N) is 2. The zero-order chi connectivity index (χ0) is 13.8. The number of nitrogens with zero attached hydrogens (tertiary/aromatic N) is 4. The number of hydrogen-bond donors (Lipinski definition) is 2. The van der Waals surface area contributed by atoms with E-state index in [4.69, 9.17) is 16.3 Å². The van der Waals surface area contributed by atoms with Gasteiger partial charge in [0.15, 0.2) is 0 Å². The fraction of sp³-hybridized carbons (Fsp3) is 0.600. The maximum absolute atomic E-state index is 11.8. The Morgan fingerprint density at radius 3 is 2.89 bits per heavy atom. The fourth-order valence-electron chi connectivity index (χ4n) is 1.81. The van der Waals surface area contributed by atoms with Crippen LogP contribution < -0.4 is 15.5 Å². The quantitative estimate of drug-likeness (QED) is 0.775. The molecular formula is C10H15ClN6O2. The molecule has 1 unspecified atom stereocenters. The maximum atomic E-state index is 11.8. The molecule has 1 aromatic heterocycles. The molecule has 104 valence electrons. The predicted octanol–water partition coefficient (Wildman–Crippen LogP) is -0.482. The number of ether oxygens (including phenoxy) is 1. The Labute approximate surface area is 115 Å². The van der Waals surface area contributed by atoms with Gasteiger partial charge >= 0.3 is 0 Å². The van der Waals surface area contributed by atoms with Crippen LogP contribution in [0.25, 0.3) is 0 Å². The van der Waals surface area contributed by atoms with Crippen LogP contribution in [0.3, 0.4) is 0 Å². The average Bonchev–Trinajstić information content (AvgIpc) is 2.45. The molecule has 1 amide bonds. The predicted molar refractivity (Wildman–Crippen MR) is 70.4 cm³/mol. The molecule has 0 spiro atoms. The molecule has 8 nitrogen and oxygen atoms in total. The van der Waals surface area contributed by atoms with Crippen molar-refractivity contribution in [2.24, 2.45) is 0 Å². The van der Waals surface area contributed by atoms with Crippen molar-refractivity contribution in [3.8, 4) is 0 Å². The van der Waals surface area contributed by atoms with Crippen molar-refractivity contribution in [3.05, 3.63) is 5.28 Å². The SMILES string of the molecule is CNC(=O)C1COCCN1c1nc(Cl)nc(NC)n1.